The molecule has 8 atom stereocenters. The Morgan fingerprint density at radius 1 is 0.750 bits per heavy atom. The van der Waals surface area contributed by atoms with Crippen molar-refractivity contribution in [3.8, 4) is 0 Å². The van der Waals surface area contributed by atoms with Crippen LogP contribution >= 0.6 is 0 Å². The highest BCUT2D eigenvalue weighted by molar-refractivity contribution is 6.74. The van der Waals surface area contributed by atoms with Crippen molar-refractivity contribution < 1.29 is 32.5 Å². The van der Waals surface area contributed by atoms with Crippen molar-refractivity contribution in [1.29, 1.82) is 0 Å². The Balaban J connectivity index is 1.41. The number of hydrogen-bond acceptors (Lipinski definition) is 7. The summed E-state index contributed by atoms with van der Waals surface area (Å²) in [5, 5.41) is 0. The normalized spacial score (nSPS) is 29.8. The fraction of sp³-hybridized carbons (Fsp3) is 0.674. The summed E-state index contributed by atoms with van der Waals surface area (Å²) in [7, 11) is -4.04. The zero-order chi connectivity index (χ0) is 37.2. The van der Waals surface area contributed by atoms with E-state index in [-0.39, 0.29) is 42.7 Å². The van der Waals surface area contributed by atoms with Crippen LogP contribution in [0.2, 0.25) is 36.3 Å². The Bertz CT molecular complexity index is 1350. The van der Waals surface area contributed by atoms with E-state index in [9.17, 15) is 0 Å². The quantitative estimate of drug-likeness (QED) is 0.111. The van der Waals surface area contributed by atoms with Crippen LogP contribution in [-0.4, -0.2) is 66.0 Å². The molecule has 0 saturated carbocycles. The lowest BCUT2D eigenvalue weighted by Crippen LogP contribution is -2.62. The minimum Gasteiger partial charge on any atom is -0.487 e. The molecule has 0 aliphatic carbocycles. The summed E-state index contributed by atoms with van der Waals surface area (Å²) in [4.78, 5) is 0. The van der Waals surface area contributed by atoms with E-state index in [2.05, 4.69) is 97.9 Å². The van der Waals surface area contributed by atoms with Crippen molar-refractivity contribution in [2.75, 3.05) is 13.2 Å². The Hall–Kier alpha value is -1.83. The van der Waals surface area contributed by atoms with Crippen LogP contribution in [0.25, 0.3) is 0 Å². The first kappa shape index (κ1) is 41.3. The van der Waals surface area contributed by atoms with Gasteiger partial charge in [0.2, 0.25) is 0 Å². The Labute approximate surface area is 317 Å². The molecule has 2 aromatic rings. The Kier molecular flexibility index (Phi) is 15.2. The molecule has 3 aliphatic heterocycles. The number of fused-ring (bicyclic) bond motifs is 1. The molecule has 0 radical (unpaired) electrons. The fourth-order valence-corrected chi connectivity index (χ4v) is 14.3. The van der Waals surface area contributed by atoms with Crippen molar-refractivity contribution in [3.63, 3.8) is 0 Å². The average Bonchev–Trinajstić information content (AvgIpc) is 3.35. The standard InChI is InChI=1S/C43H68O7Si2/c1-9-51(10-2,11-3)49-40-33(7)37(28-29-44-31-34-22-17-15-18-23-34)46-38(41(40)50-52(12-4,13-5)14-6)30-36-26-21-27-39-43(8,48-36)32-45-42(47-39)35-24-19-16-20-25-35/h15-20,22-26,33,37-42H,9-14,21,27-32H2,1-8H3/t33-,37+,38-,39+,40+,41-,42-,43-/m1/s1. The molecule has 0 aromatic heterocycles. The van der Waals surface area contributed by atoms with E-state index in [1.807, 2.05) is 24.3 Å². The van der Waals surface area contributed by atoms with Gasteiger partial charge in [-0.25, -0.2) is 0 Å². The highest BCUT2D eigenvalue weighted by Gasteiger charge is 2.52. The largest absolute Gasteiger partial charge is 0.487 e. The number of allylic oxidation sites excluding steroid dienone is 1. The molecular weight excluding hydrogens is 685 g/mol. The second kappa shape index (κ2) is 19.2. The molecule has 0 spiro atoms. The lowest BCUT2D eigenvalue weighted by atomic mass is 9.85. The fourth-order valence-electron chi connectivity index (χ4n) is 8.48. The maximum atomic E-state index is 7.56. The van der Waals surface area contributed by atoms with Crippen molar-refractivity contribution in [2.24, 2.45) is 5.92 Å². The van der Waals surface area contributed by atoms with Gasteiger partial charge in [-0.3, -0.25) is 0 Å². The molecule has 5 rings (SSSR count). The highest BCUT2D eigenvalue weighted by Crippen LogP contribution is 2.43. The van der Waals surface area contributed by atoms with Gasteiger partial charge in [-0.05, 0) is 74.1 Å². The van der Waals surface area contributed by atoms with Gasteiger partial charge in [-0.15, -0.1) is 0 Å². The lowest BCUT2D eigenvalue weighted by Gasteiger charge is -2.51. The van der Waals surface area contributed by atoms with Crippen LogP contribution in [0, 0.1) is 5.92 Å². The number of benzene rings is 2. The van der Waals surface area contributed by atoms with E-state index in [4.69, 9.17) is 32.5 Å². The molecule has 0 bridgehead atoms. The van der Waals surface area contributed by atoms with Crippen molar-refractivity contribution in [1.82, 2.24) is 0 Å². The number of rotatable bonds is 18. The molecule has 7 nitrogen and oxygen atoms in total. The molecule has 0 amide bonds. The molecule has 0 N–H and O–H groups in total. The number of ether oxygens (including phenoxy) is 5. The first-order chi connectivity index (χ1) is 25.2. The zero-order valence-electron chi connectivity index (χ0n) is 33.4. The molecule has 290 valence electrons. The third-order valence-electron chi connectivity index (χ3n) is 12.6. The zero-order valence-corrected chi connectivity index (χ0v) is 35.4. The minimum atomic E-state index is -2.04. The molecule has 2 aromatic carbocycles. The smallest absolute Gasteiger partial charge is 0.192 e. The first-order valence-electron chi connectivity index (χ1n) is 20.5. The maximum absolute atomic E-state index is 7.56. The average molecular weight is 753 g/mol. The predicted octanol–water partition coefficient (Wildman–Crippen LogP) is 10.7. The molecular formula is C43H68O7Si2. The van der Waals surface area contributed by atoms with Gasteiger partial charge in [0.25, 0.3) is 0 Å². The van der Waals surface area contributed by atoms with Gasteiger partial charge in [0.1, 0.15) is 6.10 Å². The van der Waals surface area contributed by atoms with Crippen LogP contribution in [0.15, 0.2) is 72.5 Å². The third-order valence-corrected chi connectivity index (χ3v) is 21.8. The van der Waals surface area contributed by atoms with E-state index in [0.29, 0.717) is 26.2 Å². The summed E-state index contributed by atoms with van der Waals surface area (Å²) < 4.78 is 48.5. The van der Waals surface area contributed by atoms with E-state index >= 15 is 0 Å². The first-order valence-corrected chi connectivity index (χ1v) is 25.5. The van der Waals surface area contributed by atoms with Gasteiger partial charge in [-0.1, -0.05) is 109 Å². The molecule has 2 fully saturated rings. The van der Waals surface area contributed by atoms with Crippen LogP contribution in [0.4, 0.5) is 0 Å². The van der Waals surface area contributed by atoms with Crippen LogP contribution in [-0.2, 0) is 39.1 Å². The van der Waals surface area contributed by atoms with Gasteiger partial charge >= 0.3 is 0 Å². The van der Waals surface area contributed by atoms with Crippen molar-refractivity contribution in [3.05, 3.63) is 83.6 Å². The van der Waals surface area contributed by atoms with Crippen LogP contribution < -0.4 is 0 Å². The minimum absolute atomic E-state index is 0.0217. The van der Waals surface area contributed by atoms with Gasteiger partial charge in [0.05, 0.1) is 43.4 Å². The van der Waals surface area contributed by atoms with E-state index in [0.717, 1.165) is 66.8 Å². The van der Waals surface area contributed by atoms with Gasteiger partial charge in [-0.2, -0.15) is 0 Å². The number of hydrogen-bond donors (Lipinski definition) is 0. The summed E-state index contributed by atoms with van der Waals surface area (Å²) in [6, 6.07) is 27.2. The van der Waals surface area contributed by atoms with E-state index in [1.165, 1.54) is 5.56 Å². The van der Waals surface area contributed by atoms with Crippen molar-refractivity contribution in [2.45, 2.75) is 166 Å². The lowest BCUT2D eigenvalue weighted by molar-refractivity contribution is -0.292. The van der Waals surface area contributed by atoms with Crippen LogP contribution in [0.1, 0.15) is 98.5 Å². The summed E-state index contributed by atoms with van der Waals surface area (Å²) in [6.45, 7) is 20.1. The Morgan fingerprint density at radius 3 is 1.96 bits per heavy atom. The molecule has 2 saturated heterocycles. The topological polar surface area (TPSA) is 64.6 Å². The maximum Gasteiger partial charge on any atom is 0.192 e. The summed E-state index contributed by atoms with van der Waals surface area (Å²) in [6.07, 6.45) is 4.52. The second-order valence-electron chi connectivity index (χ2n) is 15.6. The third kappa shape index (κ3) is 9.88. The monoisotopic (exact) mass is 752 g/mol. The summed E-state index contributed by atoms with van der Waals surface area (Å²) >= 11 is 0. The van der Waals surface area contributed by atoms with E-state index < -0.39 is 22.2 Å². The molecule has 9 heteroatoms. The van der Waals surface area contributed by atoms with Gasteiger partial charge in [0, 0.05) is 24.5 Å². The predicted molar refractivity (Wildman–Crippen MR) is 214 cm³/mol. The summed E-state index contributed by atoms with van der Waals surface area (Å²) in [5.41, 5.74) is 1.63. The summed E-state index contributed by atoms with van der Waals surface area (Å²) in [5.74, 6) is 1.11. The molecule has 3 aliphatic rings. The van der Waals surface area contributed by atoms with E-state index in [1.54, 1.807) is 0 Å². The van der Waals surface area contributed by atoms with Gasteiger partial charge in [0.15, 0.2) is 28.5 Å². The van der Waals surface area contributed by atoms with Crippen LogP contribution in [0.5, 0.6) is 0 Å². The Morgan fingerprint density at radius 2 is 1.35 bits per heavy atom. The van der Waals surface area contributed by atoms with Crippen LogP contribution in [0.3, 0.4) is 0 Å². The van der Waals surface area contributed by atoms with Gasteiger partial charge < -0.3 is 32.5 Å². The SMILES string of the molecule is CC[Si](CC)(CC)O[C@H]1[C@H](C)[C@H](CCOCc2ccccc2)O[C@H](CC2=CCC[C@@H]3O[C@H](c4ccccc4)OC[C@@]3(C)O2)[C@H]1O[Si](CC)(CC)CC. The molecule has 0 unspecified atom stereocenters. The molecule has 3 heterocycles. The highest BCUT2D eigenvalue weighted by atomic mass is 28.4. The molecule has 52 heavy (non-hydrogen) atoms. The van der Waals surface area contributed by atoms with Crippen molar-refractivity contribution >= 4 is 16.6 Å². The second-order valence-corrected chi connectivity index (χ2v) is 25.0.